The molecule has 2 saturated heterocycles. The van der Waals surface area contributed by atoms with E-state index in [1.807, 2.05) is 34.2 Å². The van der Waals surface area contributed by atoms with E-state index in [4.69, 9.17) is 0 Å². The van der Waals surface area contributed by atoms with Crippen molar-refractivity contribution in [3.8, 4) is 0 Å². The molecule has 3 heterocycles. The summed E-state index contributed by atoms with van der Waals surface area (Å²) in [4.78, 5) is 32.8. The van der Waals surface area contributed by atoms with Gasteiger partial charge in [-0.3, -0.25) is 9.78 Å². The summed E-state index contributed by atoms with van der Waals surface area (Å²) < 4.78 is 0. The number of nitrogens with one attached hydrogen (secondary N) is 1. The van der Waals surface area contributed by atoms with Crippen LogP contribution in [0.5, 0.6) is 0 Å². The molecule has 1 aromatic heterocycles. The average Bonchev–Trinajstić information content (AvgIpc) is 2.74. The number of hydrogen-bond acceptors (Lipinski definition) is 3. The number of rotatable bonds is 5. The Morgan fingerprint density at radius 2 is 1.71 bits per heavy atom. The second-order valence-corrected chi connectivity index (χ2v) is 9.19. The summed E-state index contributed by atoms with van der Waals surface area (Å²) in [5, 5.41) is 3.00. The Labute approximate surface area is 184 Å². The Balaban J connectivity index is 1.24. The lowest BCUT2D eigenvalue weighted by Crippen LogP contribution is -2.50. The van der Waals surface area contributed by atoms with Crippen molar-refractivity contribution in [3.05, 3.63) is 59.9 Å². The van der Waals surface area contributed by atoms with Gasteiger partial charge in [0.05, 0.1) is 0 Å². The number of carbonyl (C=O) groups is 2. The topological polar surface area (TPSA) is 65.5 Å². The number of aromatic nitrogens is 1. The average molecular weight is 421 g/mol. The summed E-state index contributed by atoms with van der Waals surface area (Å²) >= 11 is 0. The van der Waals surface area contributed by atoms with Crippen LogP contribution in [0, 0.1) is 5.92 Å². The maximum Gasteiger partial charge on any atom is 0.321 e. The molecule has 6 nitrogen and oxygen atoms in total. The van der Waals surface area contributed by atoms with Crippen LogP contribution in [0.2, 0.25) is 0 Å². The van der Waals surface area contributed by atoms with Gasteiger partial charge in [0.25, 0.3) is 0 Å². The first-order valence-corrected chi connectivity index (χ1v) is 11.3. The van der Waals surface area contributed by atoms with Gasteiger partial charge in [0.1, 0.15) is 0 Å². The SMILES string of the molecule is CC(C)CC(=O)N1CCC(c2ccc(NC(=O)N3CC(c4cccnc4)C3)cc2)CC1. The predicted molar refractivity (Wildman–Crippen MR) is 122 cm³/mol. The molecule has 0 spiro atoms. The number of piperidine rings is 1. The summed E-state index contributed by atoms with van der Waals surface area (Å²) in [6, 6.07) is 12.2. The summed E-state index contributed by atoms with van der Waals surface area (Å²) in [5.74, 6) is 1.54. The van der Waals surface area contributed by atoms with E-state index in [9.17, 15) is 9.59 Å². The molecule has 6 heteroatoms. The zero-order chi connectivity index (χ0) is 21.8. The van der Waals surface area contributed by atoms with Gasteiger partial charge in [-0.2, -0.15) is 0 Å². The van der Waals surface area contributed by atoms with Crippen molar-refractivity contribution in [1.82, 2.24) is 14.8 Å². The van der Waals surface area contributed by atoms with E-state index in [-0.39, 0.29) is 11.9 Å². The van der Waals surface area contributed by atoms with E-state index in [1.165, 1.54) is 11.1 Å². The van der Waals surface area contributed by atoms with Gasteiger partial charge in [0.2, 0.25) is 5.91 Å². The third kappa shape index (κ3) is 5.24. The zero-order valence-corrected chi connectivity index (χ0v) is 18.5. The van der Waals surface area contributed by atoms with Gasteiger partial charge >= 0.3 is 6.03 Å². The Hall–Kier alpha value is -2.89. The molecule has 3 amide bonds. The molecule has 2 aliphatic heterocycles. The first kappa shape index (κ1) is 21.3. The molecule has 0 saturated carbocycles. The molecule has 2 aromatic rings. The smallest absolute Gasteiger partial charge is 0.321 e. The Kier molecular flexibility index (Phi) is 6.54. The molecule has 31 heavy (non-hydrogen) atoms. The first-order valence-electron chi connectivity index (χ1n) is 11.3. The highest BCUT2D eigenvalue weighted by Crippen LogP contribution is 2.30. The molecule has 1 N–H and O–H groups in total. The molecule has 0 atom stereocenters. The van der Waals surface area contributed by atoms with Crippen LogP contribution in [0.15, 0.2) is 48.8 Å². The summed E-state index contributed by atoms with van der Waals surface area (Å²) in [7, 11) is 0. The molecular weight excluding hydrogens is 388 g/mol. The van der Waals surface area contributed by atoms with E-state index >= 15 is 0 Å². The largest absolute Gasteiger partial charge is 0.343 e. The highest BCUT2D eigenvalue weighted by atomic mass is 16.2. The van der Waals surface area contributed by atoms with Crippen molar-refractivity contribution in [2.45, 2.75) is 44.9 Å². The molecule has 0 radical (unpaired) electrons. The van der Waals surface area contributed by atoms with Crippen LogP contribution >= 0.6 is 0 Å². The number of anilines is 1. The Morgan fingerprint density at radius 1 is 1.00 bits per heavy atom. The second kappa shape index (κ2) is 9.50. The van der Waals surface area contributed by atoms with Crippen LogP contribution in [-0.2, 0) is 4.79 Å². The number of hydrogen-bond donors (Lipinski definition) is 1. The van der Waals surface area contributed by atoms with Crippen molar-refractivity contribution in [2.75, 3.05) is 31.5 Å². The summed E-state index contributed by atoms with van der Waals surface area (Å²) in [6.07, 6.45) is 6.28. The van der Waals surface area contributed by atoms with Crippen molar-refractivity contribution in [2.24, 2.45) is 5.92 Å². The number of carbonyl (C=O) groups excluding carboxylic acids is 2. The fraction of sp³-hybridized carbons (Fsp3) is 0.480. The minimum Gasteiger partial charge on any atom is -0.343 e. The number of urea groups is 1. The Morgan fingerprint density at radius 3 is 2.32 bits per heavy atom. The standard InChI is InChI=1S/C25H32N4O2/c1-18(2)14-24(30)28-12-9-20(10-13-28)19-5-7-23(8-6-19)27-25(31)29-16-22(17-29)21-4-3-11-26-15-21/h3-8,11,15,18,20,22H,9-10,12-14,16-17H2,1-2H3,(H,27,31). The van der Waals surface area contributed by atoms with E-state index in [2.05, 4.69) is 42.3 Å². The van der Waals surface area contributed by atoms with Crippen LogP contribution in [-0.4, -0.2) is 52.9 Å². The lowest BCUT2D eigenvalue weighted by molar-refractivity contribution is -0.133. The molecule has 2 aliphatic rings. The predicted octanol–water partition coefficient (Wildman–Crippen LogP) is 4.47. The quantitative estimate of drug-likeness (QED) is 0.776. The maximum atomic E-state index is 12.5. The van der Waals surface area contributed by atoms with E-state index in [0.717, 1.165) is 44.7 Å². The fourth-order valence-electron chi connectivity index (χ4n) is 4.45. The summed E-state index contributed by atoms with van der Waals surface area (Å²) in [5.41, 5.74) is 3.30. The summed E-state index contributed by atoms with van der Waals surface area (Å²) in [6.45, 7) is 7.30. The Bertz CT molecular complexity index is 883. The fourth-order valence-corrected chi connectivity index (χ4v) is 4.45. The second-order valence-electron chi connectivity index (χ2n) is 9.19. The lowest BCUT2D eigenvalue weighted by Gasteiger charge is -2.39. The van der Waals surface area contributed by atoms with Gasteiger partial charge in [-0.15, -0.1) is 0 Å². The van der Waals surface area contributed by atoms with Gasteiger partial charge in [0, 0.05) is 56.6 Å². The van der Waals surface area contributed by atoms with Gasteiger partial charge in [-0.05, 0) is 54.0 Å². The molecular formula is C25H32N4O2. The van der Waals surface area contributed by atoms with Gasteiger partial charge in [-0.1, -0.05) is 32.0 Å². The monoisotopic (exact) mass is 420 g/mol. The van der Waals surface area contributed by atoms with Crippen LogP contribution in [0.4, 0.5) is 10.5 Å². The molecule has 2 fully saturated rings. The van der Waals surface area contributed by atoms with Gasteiger partial charge in [-0.25, -0.2) is 4.79 Å². The van der Waals surface area contributed by atoms with E-state index in [1.54, 1.807) is 6.20 Å². The van der Waals surface area contributed by atoms with Crippen molar-refractivity contribution >= 4 is 17.6 Å². The third-order valence-corrected chi connectivity index (χ3v) is 6.39. The molecule has 164 valence electrons. The molecule has 0 unspecified atom stereocenters. The lowest BCUT2D eigenvalue weighted by atomic mass is 9.89. The molecule has 4 rings (SSSR count). The highest BCUT2D eigenvalue weighted by molar-refractivity contribution is 5.90. The van der Waals surface area contributed by atoms with Crippen molar-refractivity contribution in [1.29, 1.82) is 0 Å². The van der Waals surface area contributed by atoms with E-state index in [0.29, 0.717) is 24.2 Å². The number of amides is 3. The molecule has 0 aliphatic carbocycles. The third-order valence-electron chi connectivity index (χ3n) is 6.39. The van der Waals surface area contributed by atoms with Crippen LogP contribution < -0.4 is 5.32 Å². The number of likely N-dealkylation sites (tertiary alicyclic amines) is 2. The minimum atomic E-state index is -0.0511. The number of nitrogens with zero attached hydrogens (tertiary/aromatic N) is 3. The maximum absolute atomic E-state index is 12.5. The van der Waals surface area contributed by atoms with Gasteiger partial charge in [0.15, 0.2) is 0 Å². The minimum absolute atomic E-state index is 0.0511. The van der Waals surface area contributed by atoms with Crippen molar-refractivity contribution < 1.29 is 9.59 Å². The highest BCUT2D eigenvalue weighted by Gasteiger charge is 2.32. The van der Waals surface area contributed by atoms with Gasteiger partial charge < -0.3 is 15.1 Å². The van der Waals surface area contributed by atoms with Crippen LogP contribution in [0.25, 0.3) is 0 Å². The van der Waals surface area contributed by atoms with Crippen LogP contribution in [0.3, 0.4) is 0 Å². The number of pyridine rings is 1. The molecule has 1 aromatic carbocycles. The first-order chi connectivity index (χ1) is 15.0. The van der Waals surface area contributed by atoms with Crippen molar-refractivity contribution in [3.63, 3.8) is 0 Å². The zero-order valence-electron chi connectivity index (χ0n) is 18.5. The van der Waals surface area contributed by atoms with E-state index < -0.39 is 0 Å². The molecule has 0 bridgehead atoms. The van der Waals surface area contributed by atoms with Crippen LogP contribution in [0.1, 0.15) is 56.1 Å². The normalized spacial score (nSPS) is 17.5. The number of benzene rings is 1.